The van der Waals surface area contributed by atoms with Gasteiger partial charge in [-0.05, 0) is 93.9 Å². The highest BCUT2D eigenvalue weighted by molar-refractivity contribution is 5.79. The summed E-state index contributed by atoms with van der Waals surface area (Å²) in [6.07, 6.45) is 2.57. The summed E-state index contributed by atoms with van der Waals surface area (Å²) in [5.41, 5.74) is 2.10. The van der Waals surface area contributed by atoms with Gasteiger partial charge in [0.05, 0.1) is 6.61 Å². The van der Waals surface area contributed by atoms with E-state index in [2.05, 4.69) is 45.0 Å². The van der Waals surface area contributed by atoms with Crippen LogP contribution in [0.15, 0.2) is 48.5 Å². The van der Waals surface area contributed by atoms with Gasteiger partial charge in [0, 0.05) is 18.0 Å². The predicted octanol–water partition coefficient (Wildman–Crippen LogP) is 5.46. The molecular formula is C28H39FN2O2. The van der Waals surface area contributed by atoms with Crippen molar-refractivity contribution >= 4 is 5.91 Å². The zero-order chi connectivity index (χ0) is 24.0. The van der Waals surface area contributed by atoms with Crippen molar-refractivity contribution in [3.63, 3.8) is 0 Å². The van der Waals surface area contributed by atoms with E-state index in [1.54, 1.807) is 12.1 Å². The second-order valence-electron chi connectivity index (χ2n) is 10.5. The molecule has 0 aliphatic carbocycles. The molecule has 2 atom stereocenters. The minimum absolute atomic E-state index is 0.0516. The van der Waals surface area contributed by atoms with E-state index in [1.807, 2.05) is 24.3 Å². The Kier molecular flexibility index (Phi) is 8.52. The van der Waals surface area contributed by atoms with Crippen molar-refractivity contribution in [1.29, 1.82) is 0 Å². The molecule has 1 amide bonds. The van der Waals surface area contributed by atoms with Crippen molar-refractivity contribution in [2.45, 2.75) is 59.0 Å². The van der Waals surface area contributed by atoms with Crippen LogP contribution in [0.3, 0.4) is 0 Å². The summed E-state index contributed by atoms with van der Waals surface area (Å²) in [7, 11) is 2.15. The summed E-state index contributed by atoms with van der Waals surface area (Å²) in [5, 5.41) is 3.17. The molecule has 1 aliphatic heterocycles. The second-order valence-corrected chi connectivity index (χ2v) is 10.5. The topological polar surface area (TPSA) is 41.6 Å². The lowest BCUT2D eigenvalue weighted by Crippen LogP contribution is -2.50. The average Bonchev–Trinajstić information content (AvgIpc) is 2.78. The third-order valence-electron chi connectivity index (χ3n) is 6.88. The van der Waals surface area contributed by atoms with Crippen LogP contribution in [0.1, 0.15) is 51.7 Å². The molecule has 2 unspecified atom stereocenters. The first-order valence-corrected chi connectivity index (χ1v) is 12.1. The number of carbonyl (C=O) groups excluding carboxylic acids is 1. The number of hydrogen-bond acceptors (Lipinski definition) is 3. The van der Waals surface area contributed by atoms with Crippen LogP contribution in [0.5, 0.6) is 5.75 Å². The van der Waals surface area contributed by atoms with Crippen LogP contribution in [-0.2, 0) is 17.8 Å². The van der Waals surface area contributed by atoms with Crippen LogP contribution in [0.25, 0.3) is 0 Å². The lowest BCUT2D eigenvalue weighted by atomic mass is 9.74. The molecule has 0 spiro atoms. The van der Waals surface area contributed by atoms with Crippen LogP contribution in [0.2, 0.25) is 0 Å². The van der Waals surface area contributed by atoms with Gasteiger partial charge in [-0.25, -0.2) is 4.39 Å². The van der Waals surface area contributed by atoms with Crippen molar-refractivity contribution in [1.82, 2.24) is 10.2 Å². The van der Waals surface area contributed by atoms with Crippen molar-refractivity contribution in [3.05, 3.63) is 65.5 Å². The van der Waals surface area contributed by atoms with Gasteiger partial charge in [0.1, 0.15) is 11.6 Å². The van der Waals surface area contributed by atoms with Gasteiger partial charge in [0.2, 0.25) is 5.91 Å². The molecule has 3 rings (SSSR count). The number of nitrogens with zero attached hydrogens (tertiary/aromatic N) is 1. The van der Waals surface area contributed by atoms with Gasteiger partial charge >= 0.3 is 0 Å². The van der Waals surface area contributed by atoms with Crippen molar-refractivity contribution in [2.24, 2.45) is 17.8 Å². The molecular weight excluding hydrogens is 415 g/mol. The second kappa shape index (κ2) is 11.1. The molecule has 0 aromatic heterocycles. The number of nitrogens with one attached hydrogen (secondary N) is 1. The number of amides is 1. The molecule has 2 aromatic rings. The van der Waals surface area contributed by atoms with E-state index in [-0.39, 0.29) is 29.1 Å². The Morgan fingerprint density at radius 2 is 1.76 bits per heavy atom. The Bertz CT molecular complexity index is 893. The number of likely N-dealkylation sites (tertiary alicyclic amines) is 1. The molecule has 2 aromatic carbocycles. The summed E-state index contributed by atoms with van der Waals surface area (Å²) in [4.78, 5) is 15.8. The predicted molar refractivity (Wildman–Crippen MR) is 132 cm³/mol. The number of benzene rings is 2. The molecule has 1 N–H and O–H groups in total. The Morgan fingerprint density at radius 1 is 1.12 bits per heavy atom. The fourth-order valence-corrected chi connectivity index (χ4v) is 4.54. The Balaban J connectivity index is 1.67. The van der Waals surface area contributed by atoms with Gasteiger partial charge in [-0.2, -0.15) is 0 Å². The van der Waals surface area contributed by atoms with Gasteiger partial charge in [0.25, 0.3) is 0 Å². The molecule has 0 saturated carbocycles. The summed E-state index contributed by atoms with van der Waals surface area (Å²) < 4.78 is 19.2. The highest BCUT2D eigenvalue weighted by Gasteiger charge is 2.38. The molecule has 1 heterocycles. The zero-order valence-corrected chi connectivity index (χ0v) is 20.7. The van der Waals surface area contributed by atoms with Crippen LogP contribution < -0.4 is 10.1 Å². The van der Waals surface area contributed by atoms with Crippen LogP contribution in [0, 0.1) is 23.6 Å². The van der Waals surface area contributed by atoms with E-state index in [0.717, 1.165) is 36.3 Å². The molecule has 33 heavy (non-hydrogen) atoms. The highest BCUT2D eigenvalue weighted by Crippen LogP contribution is 2.36. The largest absolute Gasteiger partial charge is 0.493 e. The number of halogens is 1. The fourth-order valence-electron chi connectivity index (χ4n) is 4.54. The van der Waals surface area contributed by atoms with Crippen LogP contribution in [-0.4, -0.2) is 36.5 Å². The lowest BCUT2D eigenvalue weighted by Gasteiger charge is -2.45. The number of hydrogen-bond donors (Lipinski definition) is 1. The maximum atomic E-state index is 13.4. The summed E-state index contributed by atoms with van der Waals surface area (Å²) in [6.45, 7) is 10.9. The summed E-state index contributed by atoms with van der Waals surface area (Å²) in [6, 6.07) is 14.5. The monoisotopic (exact) mass is 454 g/mol. The van der Waals surface area contributed by atoms with E-state index < -0.39 is 0 Å². The first-order chi connectivity index (χ1) is 15.6. The lowest BCUT2D eigenvalue weighted by molar-refractivity contribution is -0.128. The summed E-state index contributed by atoms with van der Waals surface area (Å²) >= 11 is 0. The Labute approximate surface area is 198 Å². The van der Waals surface area contributed by atoms with E-state index in [1.165, 1.54) is 12.1 Å². The first kappa shape index (κ1) is 25.2. The molecule has 5 heteroatoms. The number of carbonyl (C=O) groups is 1. The number of ether oxygens (including phenoxy) is 1. The quantitative estimate of drug-likeness (QED) is 0.547. The maximum Gasteiger partial charge on any atom is 0.223 e. The third-order valence-corrected chi connectivity index (χ3v) is 6.88. The minimum atomic E-state index is -0.249. The van der Waals surface area contributed by atoms with Gasteiger partial charge < -0.3 is 15.0 Å². The fraction of sp³-hybridized carbons (Fsp3) is 0.536. The first-order valence-electron chi connectivity index (χ1n) is 12.1. The normalized spacial score (nSPS) is 19.3. The highest BCUT2D eigenvalue weighted by atomic mass is 19.1. The van der Waals surface area contributed by atoms with Gasteiger partial charge in [-0.3, -0.25) is 4.79 Å². The van der Waals surface area contributed by atoms with E-state index >= 15 is 0 Å². The van der Waals surface area contributed by atoms with E-state index in [9.17, 15) is 9.18 Å². The SMILES string of the molecule is CC(C)COc1ccc(CNC(=O)C(Cc2ccc(F)cc2)C2CCN(C)C(C)(C)C2)cc1. The molecule has 180 valence electrons. The molecule has 0 bridgehead atoms. The van der Waals surface area contributed by atoms with E-state index in [4.69, 9.17) is 4.74 Å². The minimum Gasteiger partial charge on any atom is -0.493 e. The molecule has 1 aliphatic rings. The third kappa shape index (κ3) is 7.29. The Hall–Kier alpha value is -2.40. The van der Waals surface area contributed by atoms with Gasteiger partial charge in [0.15, 0.2) is 0 Å². The van der Waals surface area contributed by atoms with Crippen LogP contribution >= 0.6 is 0 Å². The molecule has 4 nitrogen and oxygen atoms in total. The van der Waals surface area contributed by atoms with Crippen molar-refractivity contribution in [2.75, 3.05) is 20.2 Å². The Morgan fingerprint density at radius 3 is 2.36 bits per heavy atom. The molecule has 0 radical (unpaired) electrons. The maximum absolute atomic E-state index is 13.4. The number of rotatable bonds is 9. The molecule has 1 saturated heterocycles. The number of piperidine rings is 1. The molecule has 1 fully saturated rings. The summed E-state index contributed by atoms with van der Waals surface area (Å²) in [5.74, 6) is 1.30. The van der Waals surface area contributed by atoms with E-state index in [0.29, 0.717) is 25.5 Å². The zero-order valence-electron chi connectivity index (χ0n) is 20.7. The van der Waals surface area contributed by atoms with Crippen LogP contribution in [0.4, 0.5) is 4.39 Å². The van der Waals surface area contributed by atoms with Gasteiger partial charge in [-0.15, -0.1) is 0 Å². The van der Waals surface area contributed by atoms with Gasteiger partial charge in [-0.1, -0.05) is 38.1 Å². The average molecular weight is 455 g/mol. The standard InChI is InChI=1S/C28H39FN2O2/c1-20(2)19-33-25-12-8-22(9-13-25)18-30-27(32)26(16-21-6-10-24(29)11-7-21)23-14-15-31(5)28(3,4)17-23/h6-13,20,23,26H,14-19H2,1-5H3,(H,30,32). The van der Waals surface area contributed by atoms with Crippen molar-refractivity contribution < 1.29 is 13.9 Å². The smallest absolute Gasteiger partial charge is 0.223 e. The van der Waals surface area contributed by atoms with Crippen molar-refractivity contribution in [3.8, 4) is 5.75 Å².